The molecule has 20 heavy (non-hydrogen) atoms. The van der Waals surface area contributed by atoms with E-state index < -0.39 is 0 Å². The van der Waals surface area contributed by atoms with E-state index in [0.717, 1.165) is 17.3 Å². The zero-order valence-electron chi connectivity index (χ0n) is 12.0. The molecule has 0 radical (unpaired) electrons. The Kier molecular flexibility index (Phi) is 4.29. The zero-order valence-corrected chi connectivity index (χ0v) is 12.8. The Hall–Kier alpha value is -1.61. The predicted octanol–water partition coefficient (Wildman–Crippen LogP) is 4.05. The third-order valence-corrected chi connectivity index (χ3v) is 3.81. The maximum atomic E-state index is 12.4. The molecule has 0 saturated carbocycles. The number of amides is 1. The summed E-state index contributed by atoms with van der Waals surface area (Å²) in [5.74, 6) is -0.105. The van der Waals surface area contributed by atoms with Crippen LogP contribution in [-0.4, -0.2) is 17.4 Å². The van der Waals surface area contributed by atoms with Gasteiger partial charge in [0, 0.05) is 11.9 Å². The molecular weight excluding hydrogens is 272 g/mol. The highest BCUT2D eigenvalue weighted by molar-refractivity contribution is 6.30. The van der Waals surface area contributed by atoms with Gasteiger partial charge in [-0.2, -0.15) is 0 Å². The van der Waals surface area contributed by atoms with Gasteiger partial charge in [0.1, 0.15) is 5.15 Å². The molecular formula is C16H19ClN2O. The average Bonchev–Trinajstić information content (AvgIpc) is 2.44. The van der Waals surface area contributed by atoms with Crippen molar-refractivity contribution in [3.63, 3.8) is 0 Å². The number of fused-ring (bicyclic) bond motifs is 1. The summed E-state index contributed by atoms with van der Waals surface area (Å²) in [5, 5.41) is 4.14. The number of hydrogen-bond donors (Lipinski definition) is 1. The minimum absolute atomic E-state index is 0.0856. The smallest absolute Gasteiger partial charge is 0.252 e. The Bertz CT molecular complexity index is 637. The van der Waals surface area contributed by atoms with Crippen LogP contribution in [0.25, 0.3) is 10.9 Å². The van der Waals surface area contributed by atoms with Gasteiger partial charge in [-0.05, 0) is 24.0 Å². The van der Waals surface area contributed by atoms with E-state index in [-0.39, 0.29) is 11.3 Å². The second-order valence-corrected chi connectivity index (χ2v) is 6.10. The van der Waals surface area contributed by atoms with Crippen molar-refractivity contribution in [3.05, 3.63) is 41.0 Å². The van der Waals surface area contributed by atoms with Crippen molar-refractivity contribution < 1.29 is 4.79 Å². The number of carbonyl (C=O) groups excluding carboxylic acids is 1. The van der Waals surface area contributed by atoms with Gasteiger partial charge in [0.2, 0.25) is 0 Å². The van der Waals surface area contributed by atoms with E-state index in [0.29, 0.717) is 17.3 Å². The van der Waals surface area contributed by atoms with Crippen molar-refractivity contribution in [1.29, 1.82) is 0 Å². The highest BCUT2D eigenvalue weighted by atomic mass is 35.5. The van der Waals surface area contributed by atoms with Crippen molar-refractivity contribution >= 4 is 28.4 Å². The van der Waals surface area contributed by atoms with Crippen LogP contribution in [0, 0.1) is 5.41 Å². The maximum Gasteiger partial charge on any atom is 0.252 e. The molecule has 0 aliphatic heterocycles. The number of hydrogen-bond acceptors (Lipinski definition) is 2. The van der Waals surface area contributed by atoms with E-state index in [2.05, 4.69) is 31.1 Å². The lowest BCUT2D eigenvalue weighted by Gasteiger charge is -2.23. The normalized spacial score (nSPS) is 11.6. The summed E-state index contributed by atoms with van der Waals surface area (Å²) < 4.78 is 0. The zero-order chi connectivity index (χ0) is 14.8. The molecule has 1 aromatic carbocycles. The van der Waals surface area contributed by atoms with Crippen LogP contribution in [0.15, 0.2) is 30.3 Å². The summed E-state index contributed by atoms with van der Waals surface area (Å²) in [6.45, 7) is 7.01. The molecule has 2 rings (SSSR count). The molecule has 0 unspecified atom stereocenters. The van der Waals surface area contributed by atoms with E-state index in [1.165, 1.54) is 0 Å². The van der Waals surface area contributed by atoms with Crippen LogP contribution in [0.1, 0.15) is 37.6 Å². The summed E-state index contributed by atoms with van der Waals surface area (Å²) in [5.41, 5.74) is 1.40. The van der Waals surface area contributed by atoms with Crippen molar-refractivity contribution in [2.24, 2.45) is 5.41 Å². The molecule has 106 valence electrons. The number of aromatic nitrogens is 1. The van der Waals surface area contributed by atoms with Crippen LogP contribution in [0.3, 0.4) is 0 Å². The fourth-order valence-electron chi connectivity index (χ4n) is 1.87. The fraction of sp³-hybridized carbons (Fsp3) is 0.375. The van der Waals surface area contributed by atoms with Crippen molar-refractivity contribution in [2.75, 3.05) is 6.54 Å². The lowest BCUT2D eigenvalue weighted by atomic mass is 9.90. The average molecular weight is 291 g/mol. The Morgan fingerprint density at radius 3 is 2.75 bits per heavy atom. The molecule has 1 N–H and O–H groups in total. The highest BCUT2D eigenvalue weighted by Gasteiger charge is 2.18. The summed E-state index contributed by atoms with van der Waals surface area (Å²) in [7, 11) is 0. The minimum Gasteiger partial charge on any atom is -0.351 e. The summed E-state index contributed by atoms with van der Waals surface area (Å²) in [6.07, 6.45) is 1.01. The first-order valence-corrected chi connectivity index (χ1v) is 7.14. The van der Waals surface area contributed by atoms with Crippen LogP contribution >= 0.6 is 11.6 Å². The van der Waals surface area contributed by atoms with E-state index in [4.69, 9.17) is 11.6 Å². The van der Waals surface area contributed by atoms with Crippen LogP contribution in [-0.2, 0) is 0 Å². The van der Waals surface area contributed by atoms with Gasteiger partial charge in [0.05, 0.1) is 11.1 Å². The van der Waals surface area contributed by atoms with Gasteiger partial charge in [-0.15, -0.1) is 0 Å². The summed E-state index contributed by atoms with van der Waals surface area (Å²) in [6, 6.07) is 9.14. The molecule has 1 amide bonds. The molecule has 1 aromatic heterocycles. The Morgan fingerprint density at radius 2 is 2.05 bits per heavy atom. The van der Waals surface area contributed by atoms with Gasteiger partial charge in [-0.1, -0.05) is 50.6 Å². The van der Waals surface area contributed by atoms with E-state index in [9.17, 15) is 4.79 Å². The van der Waals surface area contributed by atoms with E-state index >= 15 is 0 Å². The third kappa shape index (κ3) is 3.28. The number of carbonyl (C=O) groups is 1. The quantitative estimate of drug-likeness (QED) is 0.863. The highest BCUT2D eigenvalue weighted by Crippen LogP contribution is 2.22. The maximum absolute atomic E-state index is 12.4. The van der Waals surface area contributed by atoms with Gasteiger partial charge in [-0.3, -0.25) is 4.79 Å². The Balaban J connectivity index is 2.30. The number of nitrogens with zero attached hydrogens (tertiary/aromatic N) is 1. The molecule has 0 spiro atoms. The minimum atomic E-state index is -0.105. The molecule has 4 heteroatoms. The van der Waals surface area contributed by atoms with E-state index in [1.807, 2.05) is 24.3 Å². The molecule has 0 aliphatic rings. The number of benzene rings is 1. The van der Waals surface area contributed by atoms with Crippen molar-refractivity contribution in [3.8, 4) is 0 Å². The van der Waals surface area contributed by atoms with Crippen LogP contribution in [0.2, 0.25) is 5.15 Å². The van der Waals surface area contributed by atoms with Gasteiger partial charge in [0.15, 0.2) is 0 Å². The van der Waals surface area contributed by atoms with Gasteiger partial charge in [-0.25, -0.2) is 4.98 Å². The monoisotopic (exact) mass is 290 g/mol. The molecule has 3 nitrogen and oxygen atoms in total. The lowest BCUT2D eigenvalue weighted by Crippen LogP contribution is -2.33. The Morgan fingerprint density at radius 1 is 1.35 bits per heavy atom. The molecule has 0 saturated heterocycles. The van der Waals surface area contributed by atoms with Gasteiger partial charge < -0.3 is 5.32 Å². The number of rotatable bonds is 4. The largest absolute Gasteiger partial charge is 0.351 e. The second kappa shape index (κ2) is 5.80. The predicted molar refractivity (Wildman–Crippen MR) is 83.2 cm³/mol. The van der Waals surface area contributed by atoms with Crippen molar-refractivity contribution in [1.82, 2.24) is 10.3 Å². The van der Waals surface area contributed by atoms with Crippen LogP contribution in [0.4, 0.5) is 0 Å². The first kappa shape index (κ1) is 14.8. The fourth-order valence-corrected chi connectivity index (χ4v) is 2.07. The first-order valence-electron chi connectivity index (χ1n) is 6.76. The topological polar surface area (TPSA) is 42.0 Å². The van der Waals surface area contributed by atoms with Crippen molar-refractivity contribution in [2.45, 2.75) is 27.2 Å². The molecule has 0 fully saturated rings. The SMILES string of the molecule is CCC(C)(C)CNC(=O)c1cc(Cl)nc2ccccc12. The van der Waals surface area contributed by atoms with Crippen LogP contribution < -0.4 is 5.32 Å². The second-order valence-electron chi connectivity index (χ2n) is 5.71. The molecule has 0 bridgehead atoms. The number of halogens is 1. The number of pyridine rings is 1. The standard InChI is InChI=1S/C16H19ClN2O/c1-4-16(2,3)10-18-15(20)12-9-14(17)19-13-8-6-5-7-11(12)13/h5-9H,4,10H2,1-3H3,(H,18,20). The van der Waals surface area contributed by atoms with E-state index in [1.54, 1.807) is 6.07 Å². The first-order chi connectivity index (χ1) is 9.43. The lowest BCUT2D eigenvalue weighted by molar-refractivity contribution is 0.0937. The molecule has 1 heterocycles. The van der Waals surface area contributed by atoms with Gasteiger partial charge in [0.25, 0.3) is 5.91 Å². The Labute approximate surface area is 124 Å². The summed E-state index contributed by atoms with van der Waals surface area (Å²) >= 11 is 5.99. The number of para-hydroxylation sites is 1. The molecule has 2 aromatic rings. The third-order valence-electron chi connectivity index (χ3n) is 3.61. The summed E-state index contributed by atoms with van der Waals surface area (Å²) in [4.78, 5) is 16.6. The van der Waals surface area contributed by atoms with Gasteiger partial charge >= 0.3 is 0 Å². The number of nitrogens with one attached hydrogen (secondary N) is 1. The molecule has 0 aliphatic carbocycles. The molecule has 0 atom stereocenters. The van der Waals surface area contributed by atoms with Crippen LogP contribution in [0.5, 0.6) is 0 Å².